The molecule has 4 heteroatoms. The summed E-state index contributed by atoms with van der Waals surface area (Å²) < 4.78 is 10.5. The van der Waals surface area contributed by atoms with Gasteiger partial charge in [-0.05, 0) is 30.7 Å². The smallest absolute Gasteiger partial charge is 0.124 e. The first-order chi connectivity index (χ1) is 9.66. The van der Waals surface area contributed by atoms with E-state index in [4.69, 9.17) is 14.7 Å². The maximum Gasteiger partial charge on any atom is 0.124 e. The van der Waals surface area contributed by atoms with E-state index in [2.05, 4.69) is 11.4 Å². The highest BCUT2D eigenvalue weighted by atomic mass is 16.5. The Hall–Kier alpha value is -2.67. The van der Waals surface area contributed by atoms with Crippen molar-refractivity contribution in [1.29, 1.82) is 5.26 Å². The highest BCUT2D eigenvalue weighted by Gasteiger charge is 2.04. The number of nitrogens with zero attached hydrogens (tertiary/aromatic N) is 1. The zero-order valence-electron chi connectivity index (χ0n) is 11.7. The van der Waals surface area contributed by atoms with Crippen LogP contribution in [0.1, 0.15) is 11.1 Å². The van der Waals surface area contributed by atoms with E-state index in [9.17, 15) is 0 Å². The Morgan fingerprint density at radius 3 is 2.10 bits per heavy atom. The quantitative estimate of drug-likeness (QED) is 0.920. The number of ether oxygens (including phenoxy) is 2. The molecule has 0 saturated carbocycles. The largest absolute Gasteiger partial charge is 0.497 e. The third-order valence-corrected chi connectivity index (χ3v) is 2.99. The number of nitrogens with one attached hydrogen (secondary N) is 1. The highest BCUT2D eigenvalue weighted by Crippen LogP contribution is 2.28. The van der Waals surface area contributed by atoms with Crippen molar-refractivity contribution in [2.45, 2.75) is 6.92 Å². The predicted octanol–water partition coefficient (Wildman–Crippen LogP) is 3.63. The molecule has 20 heavy (non-hydrogen) atoms. The fraction of sp³-hybridized carbons (Fsp3) is 0.188. The fourth-order valence-corrected chi connectivity index (χ4v) is 1.91. The molecule has 0 heterocycles. The molecular formula is C16H16N2O2. The summed E-state index contributed by atoms with van der Waals surface area (Å²) in [5.41, 5.74) is 3.40. The molecule has 0 aliphatic carbocycles. The van der Waals surface area contributed by atoms with Gasteiger partial charge in [0.1, 0.15) is 11.5 Å². The normalized spacial score (nSPS) is 9.70. The molecule has 0 radical (unpaired) electrons. The lowest BCUT2D eigenvalue weighted by Gasteiger charge is -2.11. The van der Waals surface area contributed by atoms with Crippen LogP contribution in [0.15, 0.2) is 36.4 Å². The second-order valence-electron chi connectivity index (χ2n) is 4.37. The molecule has 0 unspecified atom stereocenters. The number of anilines is 2. The van der Waals surface area contributed by atoms with E-state index in [1.165, 1.54) is 0 Å². The first kappa shape index (κ1) is 13.8. The first-order valence-electron chi connectivity index (χ1n) is 6.17. The van der Waals surface area contributed by atoms with Crippen LogP contribution in [0, 0.1) is 18.3 Å². The average Bonchev–Trinajstić information content (AvgIpc) is 2.47. The van der Waals surface area contributed by atoms with Gasteiger partial charge in [0.25, 0.3) is 0 Å². The summed E-state index contributed by atoms with van der Waals surface area (Å²) in [6.45, 7) is 1.91. The molecule has 4 nitrogen and oxygen atoms in total. The second-order valence-corrected chi connectivity index (χ2v) is 4.37. The van der Waals surface area contributed by atoms with Crippen LogP contribution in [-0.2, 0) is 0 Å². The van der Waals surface area contributed by atoms with Crippen LogP contribution < -0.4 is 14.8 Å². The van der Waals surface area contributed by atoms with E-state index in [-0.39, 0.29) is 0 Å². The summed E-state index contributed by atoms with van der Waals surface area (Å²) in [6, 6.07) is 13.3. The van der Waals surface area contributed by atoms with E-state index in [1.54, 1.807) is 20.3 Å². The van der Waals surface area contributed by atoms with Crippen LogP contribution in [0.3, 0.4) is 0 Å². The van der Waals surface area contributed by atoms with Gasteiger partial charge in [0.05, 0.1) is 25.9 Å². The number of methoxy groups -OCH3 is 2. The van der Waals surface area contributed by atoms with Crippen molar-refractivity contribution < 1.29 is 9.47 Å². The van der Waals surface area contributed by atoms with Crippen LogP contribution >= 0.6 is 0 Å². The second kappa shape index (κ2) is 5.98. The van der Waals surface area contributed by atoms with Crippen LogP contribution in [-0.4, -0.2) is 14.2 Å². The standard InChI is InChI=1S/C16H16N2O2/c1-11-6-13(5-4-12(11)10-17)18-14-7-15(19-2)9-16(8-14)20-3/h4-9,18H,1-3H3. The summed E-state index contributed by atoms with van der Waals surface area (Å²) in [4.78, 5) is 0. The third-order valence-electron chi connectivity index (χ3n) is 2.99. The molecular weight excluding hydrogens is 252 g/mol. The van der Waals surface area contributed by atoms with Crippen molar-refractivity contribution in [2.75, 3.05) is 19.5 Å². The summed E-state index contributed by atoms with van der Waals surface area (Å²) in [5.74, 6) is 1.44. The Morgan fingerprint density at radius 1 is 0.950 bits per heavy atom. The lowest BCUT2D eigenvalue weighted by Crippen LogP contribution is -1.94. The summed E-state index contributed by atoms with van der Waals surface area (Å²) in [7, 11) is 3.23. The molecule has 0 aliphatic rings. The predicted molar refractivity (Wildman–Crippen MR) is 78.7 cm³/mol. The van der Waals surface area contributed by atoms with Gasteiger partial charge in [0, 0.05) is 29.6 Å². The average molecular weight is 268 g/mol. The molecule has 2 aromatic carbocycles. The molecule has 0 aliphatic heterocycles. The molecule has 0 atom stereocenters. The molecule has 0 spiro atoms. The molecule has 1 N–H and O–H groups in total. The van der Waals surface area contributed by atoms with Gasteiger partial charge in [0.15, 0.2) is 0 Å². The van der Waals surface area contributed by atoms with Gasteiger partial charge in [-0.2, -0.15) is 5.26 Å². The topological polar surface area (TPSA) is 54.3 Å². The number of nitriles is 1. The Morgan fingerprint density at radius 2 is 1.60 bits per heavy atom. The SMILES string of the molecule is COc1cc(Nc2ccc(C#N)c(C)c2)cc(OC)c1. The Labute approximate surface area is 118 Å². The molecule has 0 amide bonds. The van der Waals surface area contributed by atoms with E-state index in [0.717, 1.165) is 28.4 Å². The number of hydrogen-bond acceptors (Lipinski definition) is 4. The summed E-state index contributed by atoms with van der Waals surface area (Å²) in [5, 5.41) is 12.2. The molecule has 0 aromatic heterocycles. The first-order valence-corrected chi connectivity index (χ1v) is 6.17. The summed E-state index contributed by atoms with van der Waals surface area (Å²) in [6.07, 6.45) is 0. The number of aryl methyl sites for hydroxylation is 1. The lowest BCUT2D eigenvalue weighted by atomic mass is 10.1. The van der Waals surface area contributed by atoms with Crippen LogP contribution in [0.25, 0.3) is 0 Å². The van der Waals surface area contributed by atoms with E-state index < -0.39 is 0 Å². The van der Waals surface area contributed by atoms with Crippen molar-refractivity contribution in [2.24, 2.45) is 0 Å². The Kier molecular flexibility index (Phi) is 4.11. The minimum Gasteiger partial charge on any atom is -0.497 e. The maximum absolute atomic E-state index is 8.93. The maximum atomic E-state index is 8.93. The zero-order chi connectivity index (χ0) is 14.5. The highest BCUT2D eigenvalue weighted by molar-refractivity contribution is 5.65. The van der Waals surface area contributed by atoms with E-state index in [1.807, 2.05) is 37.3 Å². The van der Waals surface area contributed by atoms with E-state index in [0.29, 0.717) is 5.56 Å². The van der Waals surface area contributed by atoms with Crippen LogP contribution in [0.4, 0.5) is 11.4 Å². The molecule has 102 valence electrons. The molecule has 0 fully saturated rings. The molecule has 2 aromatic rings. The van der Waals surface area contributed by atoms with E-state index >= 15 is 0 Å². The van der Waals surface area contributed by atoms with Gasteiger partial charge >= 0.3 is 0 Å². The van der Waals surface area contributed by atoms with Gasteiger partial charge in [-0.3, -0.25) is 0 Å². The van der Waals surface area contributed by atoms with Gasteiger partial charge in [-0.25, -0.2) is 0 Å². The minimum absolute atomic E-state index is 0.679. The summed E-state index contributed by atoms with van der Waals surface area (Å²) >= 11 is 0. The van der Waals surface area contributed by atoms with Gasteiger partial charge in [-0.1, -0.05) is 0 Å². The third kappa shape index (κ3) is 3.01. The molecule has 0 bridgehead atoms. The fourth-order valence-electron chi connectivity index (χ4n) is 1.91. The van der Waals surface area contributed by atoms with Gasteiger partial charge < -0.3 is 14.8 Å². The van der Waals surface area contributed by atoms with Crippen LogP contribution in [0.2, 0.25) is 0 Å². The van der Waals surface area contributed by atoms with Crippen molar-refractivity contribution in [3.63, 3.8) is 0 Å². The van der Waals surface area contributed by atoms with Crippen molar-refractivity contribution in [1.82, 2.24) is 0 Å². The number of rotatable bonds is 4. The monoisotopic (exact) mass is 268 g/mol. The minimum atomic E-state index is 0.679. The van der Waals surface area contributed by atoms with Crippen molar-refractivity contribution in [3.8, 4) is 17.6 Å². The lowest BCUT2D eigenvalue weighted by molar-refractivity contribution is 0.395. The van der Waals surface area contributed by atoms with Gasteiger partial charge in [-0.15, -0.1) is 0 Å². The zero-order valence-corrected chi connectivity index (χ0v) is 11.7. The molecule has 2 rings (SSSR count). The Bertz CT molecular complexity index is 638. The van der Waals surface area contributed by atoms with Gasteiger partial charge in [0.2, 0.25) is 0 Å². The Balaban J connectivity index is 2.30. The van der Waals surface area contributed by atoms with Crippen molar-refractivity contribution >= 4 is 11.4 Å². The molecule has 0 saturated heterocycles. The number of benzene rings is 2. The van der Waals surface area contributed by atoms with Crippen LogP contribution in [0.5, 0.6) is 11.5 Å². The van der Waals surface area contributed by atoms with Crippen molar-refractivity contribution in [3.05, 3.63) is 47.5 Å². The number of hydrogen-bond donors (Lipinski definition) is 1.